The number of hydrogen-bond donors (Lipinski definition) is 2. The molecule has 0 unspecified atom stereocenters. The number of ether oxygens (including phenoxy) is 2. The summed E-state index contributed by atoms with van der Waals surface area (Å²) in [6, 6.07) is 10.3. The Labute approximate surface area is 175 Å². The number of imide groups is 1. The van der Waals surface area contributed by atoms with Gasteiger partial charge in [-0.1, -0.05) is 0 Å². The van der Waals surface area contributed by atoms with E-state index in [2.05, 4.69) is 10.3 Å². The van der Waals surface area contributed by atoms with E-state index in [1.54, 1.807) is 31.2 Å². The number of amides is 2. The lowest BCUT2D eigenvalue weighted by molar-refractivity contribution is 0.0525. The van der Waals surface area contributed by atoms with Gasteiger partial charge in [-0.15, -0.1) is 0 Å². The van der Waals surface area contributed by atoms with Crippen LogP contribution in [0.4, 0.5) is 5.82 Å². The van der Waals surface area contributed by atoms with Crippen LogP contribution in [-0.4, -0.2) is 33.9 Å². The van der Waals surface area contributed by atoms with Gasteiger partial charge in [-0.25, -0.2) is 9.78 Å². The number of pyridine rings is 2. The molecule has 10 heteroatoms. The molecule has 4 rings (SSSR count). The zero-order valence-corrected chi connectivity index (χ0v) is 16.2. The van der Waals surface area contributed by atoms with Crippen molar-refractivity contribution in [3.05, 3.63) is 75.7 Å². The first kappa shape index (κ1) is 19.8. The van der Waals surface area contributed by atoms with Crippen LogP contribution in [0.2, 0.25) is 0 Å². The van der Waals surface area contributed by atoms with E-state index in [9.17, 15) is 19.2 Å². The number of nitrogens with zero attached hydrogens (tertiary/aromatic N) is 2. The third kappa shape index (κ3) is 3.62. The second kappa shape index (κ2) is 7.75. The van der Waals surface area contributed by atoms with Crippen molar-refractivity contribution in [3.63, 3.8) is 0 Å². The van der Waals surface area contributed by atoms with E-state index in [-0.39, 0.29) is 29.4 Å². The van der Waals surface area contributed by atoms with Gasteiger partial charge in [-0.2, -0.15) is 0 Å². The molecule has 1 aromatic carbocycles. The first-order valence-electron chi connectivity index (χ1n) is 9.21. The Morgan fingerprint density at radius 1 is 1.10 bits per heavy atom. The molecule has 0 bridgehead atoms. The first-order chi connectivity index (χ1) is 14.9. The molecule has 0 saturated heterocycles. The van der Waals surface area contributed by atoms with Crippen LogP contribution >= 0.6 is 0 Å². The van der Waals surface area contributed by atoms with Crippen molar-refractivity contribution in [2.75, 3.05) is 12.3 Å². The molecule has 3 heterocycles. The number of anilines is 1. The fraction of sp³-hybridized carbons (Fsp3) is 0.0952. The molecule has 3 N–H and O–H groups in total. The zero-order valence-electron chi connectivity index (χ0n) is 16.2. The fourth-order valence-corrected chi connectivity index (χ4v) is 3.14. The van der Waals surface area contributed by atoms with Gasteiger partial charge in [-0.3, -0.25) is 24.3 Å². The smallest absolute Gasteiger partial charge is 0.338 e. The summed E-state index contributed by atoms with van der Waals surface area (Å²) in [6.45, 7) is 1.96. The van der Waals surface area contributed by atoms with Gasteiger partial charge in [0, 0.05) is 18.3 Å². The van der Waals surface area contributed by atoms with Crippen molar-refractivity contribution in [1.82, 2.24) is 14.9 Å². The van der Waals surface area contributed by atoms with Gasteiger partial charge in [0.1, 0.15) is 11.6 Å². The molecule has 0 aliphatic carbocycles. The minimum atomic E-state index is -0.655. The lowest BCUT2D eigenvalue weighted by atomic mass is 10.1. The average molecular weight is 420 g/mol. The Balaban J connectivity index is 1.62. The maximum Gasteiger partial charge on any atom is 0.338 e. The van der Waals surface area contributed by atoms with Gasteiger partial charge in [0.05, 0.1) is 29.0 Å². The number of fused-ring (bicyclic) bond motifs is 1. The number of nitrogen functional groups attached to an aromatic ring is 1. The third-order valence-electron chi connectivity index (χ3n) is 4.52. The van der Waals surface area contributed by atoms with Crippen LogP contribution in [0.5, 0.6) is 11.6 Å². The second-order valence-corrected chi connectivity index (χ2v) is 6.47. The molecule has 3 aromatic rings. The summed E-state index contributed by atoms with van der Waals surface area (Å²) in [6.07, 6.45) is 1.42. The summed E-state index contributed by atoms with van der Waals surface area (Å²) in [7, 11) is 0. The number of rotatable bonds is 5. The number of aromatic nitrogens is 2. The number of nitrogens with one attached hydrogen (secondary N) is 1. The van der Waals surface area contributed by atoms with Crippen LogP contribution in [0.1, 0.15) is 38.0 Å². The fourth-order valence-electron chi connectivity index (χ4n) is 3.14. The predicted octanol–water partition coefficient (Wildman–Crippen LogP) is 1.67. The van der Waals surface area contributed by atoms with E-state index in [1.807, 2.05) is 0 Å². The van der Waals surface area contributed by atoms with Crippen LogP contribution < -0.4 is 21.3 Å². The van der Waals surface area contributed by atoms with Gasteiger partial charge < -0.3 is 15.2 Å². The molecule has 1 aliphatic rings. The zero-order chi connectivity index (χ0) is 22.1. The van der Waals surface area contributed by atoms with Gasteiger partial charge >= 0.3 is 5.97 Å². The Morgan fingerprint density at radius 3 is 2.55 bits per heavy atom. The normalized spacial score (nSPS) is 12.3. The summed E-state index contributed by atoms with van der Waals surface area (Å²) in [5.74, 6) is -1.36. The minimum Gasteiger partial charge on any atom is -0.462 e. The summed E-state index contributed by atoms with van der Waals surface area (Å²) in [5.41, 5.74) is 6.05. The van der Waals surface area contributed by atoms with E-state index in [0.29, 0.717) is 17.0 Å². The van der Waals surface area contributed by atoms with Crippen molar-refractivity contribution in [3.8, 4) is 17.3 Å². The van der Waals surface area contributed by atoms with Crippen LogP contribution in [0.3, 0.4) is 0 Å². The second-order valence-electron chi connectivity index (χ2n) is 6.47. The maximum absolute atomic E-state index is 12.5. The van der Waals surface area contributed by atoms with E-state index < -0.39 is 23.3 Å². The van der Waals surface area contributed by atoms with Crippen LogP contribution in [0.25, 0.3) is 5.69 Å². The number of nitrogens with two attached hydrogens (primary N) is 1. The molecule has 156 valence electrons. The number of carbonyl (C=O) groups excluding carboxylic acids is 3. The highest BCUT2D eigenvalue weighted by atomic mass is 16.5. The highest BCUT2D eigenvalue weighted by Crippen LogP contribution is 2.25. The van der Waals surface area contributed by atoms with Crippen LogP contribution in [0.15, 0.2) is 53.5 Å². The van der Waals surface area contributed by atoms with Crippen LogP contribution in [-0.2, 0) is 4.74 Å². The molecule has 1 aliphatic heterocycles. The molecule has 2 aromatic heterocycles. The molecule has 10 nitrogen and oxygen atoms in total. The SMILES string of the molecule is CCOC(=O)c1ccnc(Oc2ccc(-n3c(N)c4c(cc3=O)C(=O)NC4=O)cc2)c1. The van der Waals surface area contributed by atoms with Gasteiger partial charge in [0.2, 0.25) is 5.88 Å². The Kier molecular flexibility index (Phi) is 4.96. The molecule has 31 heavy (non-hydrogen) atoms. The highest BCUT2D eigenvalue weighted by molar-refractivity contribution is 6.23. The monoisotopic (exact) mass is 420 g/mol. The quantitative estimate of drug-likeness (QED) is 0.469. The predicted molar refractivity (Wildman–Crippen MR) is 109 cm³/mol. The Bertz CT molecular complexity index is 1280. The van der Waals surface area contributed by atoms with Crippen molar-refractivity contribution < 1.29 is 23.9 Å². The maximum atomic E-state index is 12.5. The van der Waals surface area contributed by atoms with Crippen molar-refractivity contribution >= 4 is 23.6 Å². The molecule has 0 radical (unpaired) electrons. The summed E-state index contributed by atoms with van der Waals surface area (Å²) >= 11 is 0. The molecule has 0 spiro atoms. The molecule has 0 fully saturated rings. The first-order valence-corrected chi connectivity index (χ1v) is 9.21. The van der Waals surface area contributed by atoms with Crippen molar-refractivity contribution in [1.29, 1.82) is 0 Å². The Hall–Kier alpha value is -4.47. The van der Waals surface area contributed by atoms with Gasteiger partial charge in [0.25, 0.3) is 17.4 Å². The van der Waals surface area contributed by atoms with E-state index in [4.69, 9.17) is 15.2 Å². The minimum absolute atomic E-state index is 0.0371. The van der Waals surface area contributed by atoms with E-state index >= 15 is 0 Å². The summed E-state index contributed by atoms with van der Waals surface area (Å²) in [4.78, 5) is 52.1. The number of esters is 1. The number of benzene rings is 1. The molecule has 0 saturated carbocycles. The third-order valence-corrected chi connectivity index (χ3v) is 4.52. The lowest BCUT2D eigenvalue weighted by Gasteiger charge is -2.12. The number of hydrogen-bond acceptors (Lipinski definition) is 8. The van der Waals surface area contributed by atoms with Crippen molar-refractivity contribution in [2.45, 2.75) is 6.92 Å². The molecule has 0 atom stereocenters. The summed E-state index contributed by atoms with van der Waals surface area (Å²) < 4.78 is 11.7. The van der Waals surface area contributed by atoms with Crippen molar-refractivity contribution in [2.24, 2.45) is 0 Å². The van der Waals surface area contributed by atoms with Crippen LogP contribution in [0, 0.1) is 0 Å². The number of carbonyl (C=O) groups is 3. The Morgan fingerprint density at radius 2 is 1.84 bits per heavy atom. The molecular formula is C21H16N4O6. The van der Waals surface area contributed by atoms with Gasteiger partial charge in [0.15, 0.2) is 0 Å². The average Bonchev–Trinajstić information content (AvgIpc) is 3.03. The molecular weight excluding hydrogens is 404 g/mol. The molecule has 2 amide bonds. The largest absolute Gasteiger partial charge is 0.462 e. The highest BCUT2D eigenvalue weighted by Gasteiger charge is 2.31. The standard InChI is InChI=1S/C21H16N4O6/c1-2-30-21(29)11-7-8-23-15(9-11)31-13-5-3-12(4-6-13)25-16(26)10-14-17(18(25)22)20(28)24-19(14)27/h3-10H,2,22H2,1H3,(H,24,27,28). The van der Waals surface area contributed by atoms with Gasteiger partial charge in [-0.05, 0) is 37.3 Å². The lowest BCUT2D eigenvalue weighted by Crippen LogP contribution is -2.24. The van der Waals surface area contributed by atoms with E-state index in [1.165, 1.54) is 18.3 Å². The van der Waals surface area contributed by atoms with E-state index in [0.717, 1.165) is 10.6 Å². The topological polar surface area (TPSA) is 143 Å². The summed E-state index contributed by atoms with van der Waals surface area (Å²) in [5, 5.41) is 2.12.